The smallest absolute Gasteiger partial charge is 0.335 e. The van der Waals surface area contributed by atoms with Crippen molar-refractivity contribution in [3.05, 3.63) is 28.2 Å². The van der Waals surface area contributed by atoms with Crippen LogP contribution in [0.1, 0.15) is 23.2 Å². The van der Waals surface area contributed by atoms with Gasteiger partial charge in [-0.05, 0) is 44.1 Å². The first-order chi connectivity index (χ1) is 9.97. The number of carboxylic acid groups (broad SMARTS) is 1. The van der Waals surface area contributed by atoms with E-state index in [4.69, 9.17) is 5.11 Å². The van der Waals surface area contributed by atoms with Gasteiger partial charge < -0.3 is 20.6 Å². The minimum Gasteiger partial charge on any atom is -0.478 e. The van der Waals surface area contributed by atoms with Crippen LogP contribution in [0.25, 0.3) is 0 Å². The largest absolute Gasteiger partial charge is 0.478 e. The molecular formula is C14H18BrN3O3. The first kappa shape index (κ1) is 15.8. The molecule has 21 heavy (non-hydrogen) atoms. The second-order valence-electron chi connectivity index (χ2n) is 5.06. The number of carbonyl (C=O) groups excluding carboxylic acids is 1. The fourth-order valence-corrected chi connectivity index (χ4v) is 2.85. The van der Waals surface area contributed by atoms with Crippen LogP contribution >= 0.6 is 15.9 Å². The Labute approximate surface area is 131 Å². The van der Waals surface area contributed by atoms with Crippen molar-refractivity contribution >= 4 is 33.6 Å². The molecule has 1 saturated heterocycles. The van der Waals surface area contributed by atoms with E-state index in [1.54, 1.807) is 18.0 Å². The van der Waals surface area contributed by atoms with Crippen LogP contribution < -0.4 is 10.6 Å². The summed E-state index contributed by atoms with van der Waals surface area (Å²) in [5.41, 5.74) is 0.594. The molecule has 0 radical (unpaired) electrons. The molecule has 0 saturated carbocycles. The number of hydrogen-bond acceptors (Lipinski definition) is 3. The van der Waals surface area contributed by atoms with Gasteiger partial charge in [-0.15, -0.1) is 0 Å². The van der Waals surface area contributed by atoms with E-state index in [-0.39, 0.29) is 17.6 Å². The van der Waals surface area contributed by atoms with Gasteiger partial charge in [0.2, 0.25) is 0 Å². The molecule has 0 spiro atoms. The first-order valence-electron chi connectivity index (χ1n) is 6.76. The van der Waals surface area contributed by atoms with E-state index in [0.717, 1.165) is 25.9 Å². The number of aromatic carboxylic acids is 1. The number of nitrogens with one attached hydrogen (secondary N) is 2. The van der Waals surface area contributed by atoms with E-state index >= 15 is 0 Å². The standard InChI is InChI=1S/C14H18BrN3O3/c1-18(12-2-4-16-5-3-12)14(21)17-11-7-9(13(19)20)6-10(15)8-11/h6-8,12,16H,2-5H2,1H3,(H,17,21)(H,19,20). The van der Waals surface area contributed by atoms with E-state index in [0.29, 0.717) is 10.2 Å². The summed E-state index contributed by atoms with van der Waals surface area (Å²) in [7, 11) is 1.77. The maximum absolute atomic E-state index is 12.2. The molecule has 0 unspecified atom stereocenters. The first-order valence-corrected chi connectivity index (χ1v) is 7.55. The number of anilines is 1. The summed E-state index contributed by atoms with van der Waals surface area (Å²) >= 11 is 3.25. The molecule has 1 fully saturated rings. The lowest BCUT2D eigenvalue weighted by Gasteiger charge is -2.31. The highest BCUT2D eigenvalue weighted by atomic mass is 79.9. The number of hydrogen-bond donors (Lipinski definition) is 3. The number of halogens is 1. The summed E-state index contributed by atoms with van der Waals surface area (Å²) in [5.74, 6) is -1.03. The summed E-state index contributed by atoms with van der Waals surface area (Å²) in [6.45, 7) is 1.81. The zero-order valence-electron chi connectivity index (χ0n) is 11.7. The van der Waals surface area contributed by atoms with Gasteiger partial charge in [-0.2, -0.15) is 0 Å². The zero-order chi connectivity index (χ0) is 15.4. The van der Waals surface area contributed by atoms with Gasteiger partial charge >= 0.3 is 12.0 Å². The SMILES string of the molecule is CN(C(=O)Nc1cc(Br)cc(C(=O)O)c1)C1CCNCC1. The summed E-state index contributed by atoms with van der Waals surface area (Å²) in [6, 6.07) is 4.60. The Morgan fingerprint density at radius 2 is 2.00 bits per heavy atom. The molecule has 1 aromatic rings. The summed E-state index contributed by atoms with van der Waals surface area (Å²) < 4.78 is 0.613. The molecule has 1 heterocycles. The molecule has 7 heteroatoms. The molecule has 0 atom stereocenters. The van der Waals surface area contributed by atoms with Gasteiger partial charge in [0.25, 0.3) is 0 Å². The third kappa shape index (κ3) is 4.18. The molecule has 0 aromatic heterocycles. The second-order valence-corrected chi connectivity index (χ2v) is 5.97. The molecule has 3 N–H and O–H groups in total. The highest BCUT2D eigenvalue weighted by Gasteiger charge is 2.22. The molecule has 6 nitrogen and oxygen atoms in total. The summed E-state index contributed by atoms with van der Waals surface area (Å²) in [5, 5.41) is 15.0. The highest BCUT2D eigenvalue weighted by Crippen LogP contribution is 2.20. The molecular weight excluding hydrogens is 338 g/mol. The average molecular weight is 356 g/mol. The van der Waals surface area contributed by atoms with Gasteiger partial charge in [-0.25, -0.2) is 9.59 Å². The Balaban J connectivity index is 2.06. The highest BCUT2D eigenvalue weighted by molar-refractivity contribution is 9.10. The minimum absolute atomic E-state index is 0.129. The van der Waals surface area contributed by atoms with E-state index in [1.807, 2.05) is 0 Å². The van der Waals surface area contributed by atoms with Crippen molar-refractivity contribution in [2.75, 3.05) is 25.5 Å². The monoisotopic (exact) mass is 355 g/mol. The van der Waals surface area contributed by atoms with Crippen LogP contribution in [-0.4, -0.2) is 48.2 Å². The molecule has 114 valence electrons. The molecule has 0 bridgehead atoms. The molecule has 2 rings (SSSR count). The summed E-state index contributed by atoms with van der Waals surface area (Å²) in [6.07, 6.45) is 1.84. The Morgan fingerprint density at radius 1 is 1.33 bits per heavy atom. The van der Waals surface area contributed by atoms with Crippen molar-refractivity contribution in [2.24, 2.45) is 0 Å². The Hall–Kier alpha value is -1.60. The second kappa shape index (κ2) is 6.91. The van der Waals surface area contributed by atoms with Gasteiger partial charge in [0.1, 0.15) is 0 Å². The Kier molecular flexibility index (Phi) is 5.19. The quantitative estimate of drug-likeness (QED) is 0.777. The minimum atomic E-state index is -1.03. The molecule has 1 aliphatic heterocycles. The zero-order valence-corrected chi connectivity index (χ0v) is 13.3. The van der Waals surface area contributed by atoms with Gasteiger partial charge in [-0.1, -0.05) is 15.9 Å². The Morgan fingerprint density at radius 3 is 2.62 bits per heavy atom. The van der Waals surface area contributed by atoms with Crippen molar-refractivity contribution in [1.29, 1.82) is 0 Å². The van der Waals surface area contributed by atoms with Crippen LogP contribution in [0.3, 0.4) is 0 Å². The van der Waals surface area contributed by atoms with Crippen LogP contribution in [0.2, 0.25) is 0 Å². The van der Waals surface area contributed by atoms with E-state index in [1.165, 1.54) is 12.1 Å². The fraction of sp³-hybridized carbons (Fsp3) is 0.429. The fourth-order valence-electron chi connectivity index (χ4n) is 2.36. The van der Waals surface area contributed by atoms with E-state index in [9.17, 15) is 9.59 Å². The van der Waals surface area contributed by atoms with Crippen LogP contribution in [-0.2, 0) is 0 Å². The predicted molar refractivity (Wildman–Crippen MR) is 83.8 cm³/mol. The lowest BCUT2D eigenvalue weighted by Crippen LogP contribution is -2.45. The van der Waals surface area contributed by atoms with Crippen molar-refractivity contribution in [2.45, 2.75) is 18.9 Å². The number of benzene rings is 1. The topological polar surface area (TPSA) is 81.7 Å². The predicted octanol–water partition coefficient (Wildman–Crippen LogP) is 2.36. The number of amides is 2. The van der Waals surface area contributed by atoms with Crippen LogP contribution in [0.15, 0.2) is 22.7 Å². The number of piperidine rings is 1. The molecule has 1 aliphatic rings. The van der Waals surface area contributed by atoms with Crippen LogP contribution in [0, 0.1) is 0 Å². The summed E-state index contributed by atoms with van der Waals surface area (Å²) in [4.78, 5) is 24.9. The van der Waals surface area contributed by atoms with Gasteiger partial charge in [0, 0.05) is 23.2 Å². The van der Waals surface area contributed by atoms with Crippen molar-refractivity contribution in [3.8, 4) is 0 Å². The molecule has 2 amide bonds. The number of nitrogens with zero attached hydrogens (tertiary/aromatic N) is 1. The van der Waals surface area contributed by atoms with Crippen LogP contribution in [0.4, 0.5) is 10.5 Å². The third-order valence-corrected chi connectivity index (χ3v) is 4.03. The molecule has 0 aliphatic carbocycles. The normalized spacial score (nSPS) is 15.5. The van der Waals surface area contributed by atoms with E-state index < -0.39 is 5.97 Å². The van der Waals surface area contributed by atoms with Crippen LogP contribution in [0.5, 0.6) is 0 Å². The Bertz CT molecular complexity index is 544. The van der Waals surface area contributed by atoms with Crippen molar-refractivity contribution < 1.29 is 14.7 Å². The third-order valence-electron chi connectivity index (χ3n) is 3.57. The lowest BCUT2D eigenvalue weighted by atomic mass is 10.1. The van der Waals surface area contributed by atoms with Gasteiger partial charge in [-0.3, -0.25) is 0 Å². The van der Waals surface area contributed by atoms with Gasteiger partial charge in [0.05, 0.1) is 5.56 Å². The van der Waals surface area contributed by atoms with Crippen molar-refractivity contribution in [3.63, 3.8) is 0 Å². The molecule has 1 aromatic carbocycles. The number of rotatable bonds is 3. The average Bonchev–Trinajstić information content (AvgIpc) is 2.46. The number of carboxylic acids is 1. The van der Waals surface area contributed by atoms with Crippen molar-refractivity contribution in [1.82, 2.24) is 10.2 Å². The lowest BCUT2D eigenvalue weighted by molar-refractivity contribution is 0.0696. The van der Waals surface area contributed by atoms with E-state index in [2.05, 4.69) is 26.6 Å². The number of urea groups is 1. The van der Waals surface area contributed by atoms with Gasteiger partial charge in [0.15, 0.2) is 0 Å². The number of carbonyl (C=O) groups is 2. The maximum atomic E-state index is 12.2. The maximum Gasteiger partial charge on any atom is 0.335 e.